The molecule has 2 N–H and O–H groups in total. The van der Waals surface area contributed by atoms with Crippen LogP contribution in [0.3, 0.4) is 0 Å². The molecule has 1 unspecified atom stereocenters. The quantitative estimate of drug-likeness (QED) is 0.236. The molecular weight excluding hydrogens is 494 g/mol. The van der Waals surface area contributed by atoms with Crippen LogP contribution in [0.1, 0.15) is 30.9 Å². The second kappa shape index (κ2) is 12.6. The summed E-state index contributed by atoms with van der Waals surface area (Å²) in [6.07, 6.45) is -2.28. The number of nitrogens with one attached hydrogen (secondary N) is 2. The number of rotatable bonds is 8. The fraction of sp³-hybridized carbons (Fsp3) is 0.650. The number of likely N-dealkylation sites (tertiary alicyclic amines) is 1. The number of nitrogens with zero attached hydrogens (tertiary/aromatic N) is 3. The highest BCUT2D eigenvalue weighted by atomic mass is 127. The van der Waals surface area contributed by atoms with Gasteiger partial charge in [-0.1, -0.05) is 12.1 Å². The minimum Gasteiger partial charge on any atom is -0.357 e. The molecule has 0 saturated carbocycles. The molecule has 166 valence electrons. The van der Waals surface area contributed by atoms with Gasteiger partial charge >= 0.3 is 6.18 Å². The number of hydrogen-bond acceptors (Lipinski definition) is 3. The first kappa shape index (κ1) is 26.0. The summed E-state index contributed by atoms with van der Waals surface area (Å²) in [5.41, 5.74) is 0.302. The lowest BCUT2D eigenvalue weighted by atomic mass is 10.1. The SMILES string of the molecule is CCNC(=NCCCN(C)C)NC1CCN(Cc2ccc(C(F)(F)F)cc2)C1.I. The number of benzene rings is 1. The first-order valence-corrected chi connectivity index (χ1v) is 9.86. The van der Waals surface area contributed by atoms with E-state index in [0.29, 0.717) is 12.6 Å². The summed E-state index contributed by atoms with van der Waals surface area (Å²) < 4.78 is 38.0. The van der Waals surface area contributed by atoms with Crippen molar-refractivity contribution in [3.05, 3.63) is 35.4 Å². The van der Waals surface area contributed by atoms with E-state index in [1.165, 1.54) is 0 Å². The Morgan fingerprint density at radius 3 is 2.52 bits per heavy atom. The molecule has 0 radical (unpaired) electrons. The van der Waals surface area contributed by atoms with E-state index in [1.54, 1.807) is 12.1 Å². The van der Waals surface area contributed by atoms with Gasteiger partial charge in [-0.3, -0.25) is 9.89 Å². The highest BCUT2D eigenvalue weighted by Gasteiger charge is 2.30. The van der Waals surface area contributed by atoms with Crippen molar-refractivity contribution in [2.24, 2.45) is 4.99 Å². The molecule has 1 aliphatic heterocycles. The number of alkyl halides is 3. The minimum absolute atomic E-state index is 0. The molecule has 5 nitrogen and oxygen atoms in total. The Hall–Kier alpha value is -1.07. The summed E-state index contributed by atoms with van der Waals surface area (Å²) in [6, 6.07) is 5.75. The predicted molar refractivity (Wildman–Crippen MR) is 123 cm³/mol. The standard InChI is InChI=1S/C20H32F3N5.HI/c1-4-24-19(25-11-5-12-27(2)3)26-18-10-13-28(15-18)14-16-6-8-17(9-7-16)20(21,22)23;/h6-9,18H,4-5,10-15H2,1-3H3,(H2,24,25,26);1H. The van der Waals surface area contributed by atoms with Crippen LogP contribution in [0.5, 0.6) is 0 Å². The smallest absolute Gasteiger partial charge is 0.357 e. The Labute approximate surface area is 189 Å². The van der Waals surface area contributed by atoms with E-state index in [4.69, 9.17) is 0 Å². The number of guanidine groups is 1. The molecule has 0 spiro atoms. The van der Waals surface area contributed by atoms with E-state index in [1.807, 2.05) is 6.92 Å². The van der Waals surface area contributed by atoms with Crippen LogP contribution in [0.4, 0.5) is 13.2 Å². The summed E-state index contributed by atoms with van der Waals surface area (Å²) >= 11 is 0. The maximum Gasteiger partial charge on any atom is 0.416 e. The molecule has 9 heteroatoms. The average Bonchev–Trinajstić information content (AvgIpc) is 3.05. The third kappa shape index (κ3) is 9.52. The first-order valence-electron chi connectivity index (χ1n) is 9.86. The molecule has 1 saturated heterocycles. The summed E-state index contributed by atoms with van der Waals surface area (Å²) in [5, 5.41) is 6.77. The number of aliphatic imine (C=N–C) groups is 1. The molecule has 1 heterocycles. The Bertz CT molecular complexity index is 620. The summed E-state index contributed by atoms with van der Waals surface area (Å²) in [7, 11) is 4.11. The van der Waals surface area contributed by atoms with Gasteiger partial charge in [-0.2, -0.15) is 13.2 Å². The molecule has 29 heavy (non-hydrogen) atoms. The van der Waals surface area contributed by atoms with Crippen molar-refractivity contribution in [3.8, 4) is 0 Å². The molecular formula is C20H33F3IN5. The van der Waals surface area contributed by atoms with Gasteiger partial charge in [0.25, 0.3) is 0 Å². The van der Waals surface area contributed by atoms with E-state index in [-0.39, 0.29) is 24.0 Å². The van der Waals surface area contributed by atoms with Crippen LogP contribution in [0.2, 0.25) is 0 Å². The van der Waals surface area contributed by atoms with Gasteiger partial charge in [0.15, 0.2) is 5.96 Å². The average molecular weight is 527 g/mol. The predicted octanol–water partition coefficient (Wildman–Crippen LogP) is 3.40. The Kier molecular flexibility index (Phi) is 11.3. The normalized spacial score (nSPS) is 18.0. The molecule has 1 aliphatic rings. The van der Waals surface area contributed by atoms with Gasteiger partial charge in [0.2, 0.25) is 0 Å². The van der Waals surface area contributed by atoms with Gasteiger partial charge in [0, 0.05) is 38.8 Å². The first-order chi connectivity index (χ1) is 13.3. The third-order valence-corrected chi connectivity index (χ3v) is 4.68. The Balaban J connectivity index is 0.00000420. The molecule has 0 aromatic heterocycles. The zero-order valence-electron chi connectivity index (χ0n) is 17.4. The molecule has 1 atom stereocenters. The van der Waals surface area contributed by atoms with E-state index in [0.717, 1.165) is 69.2 Å². The van der Waals surface area contributed by atoms with Crippen molar-refractivity contribution >= 4 is 29.9 Å². The maximum atomic E-state index is 12.7. The van der Waals surface area contributed by atoms with Crippen LogP contribution in [0, 0.1) is 0 Å². The molecule has 0 bridgehead atoms. The number of halogens is 4. The molecule has 0 aliphatic carbocycles. The van der Waals surface area contributed by atoms with Crippen LogP contribution in [-0.2, 0) is 12.7 Å². The van der Waals surface area contributed by atoms with Gasteiger partial charge in [0.05, 0.1) is 5.56 Å². The van der Waals surface area contributed by atoms with Gasteiger partial charge < -0.3 is 15.5 Å². The fourth-order valence-electron chi connectivity index (χ4n) is 3.24. The lowest BCUT2D eigenvalue weighted by Crippen LogP contribution is -2.44. The highest BCUT2D eigenvalue weighted by molar-refractivity contribution is 14.0. The zero-order chi connectivity index (χ0) is 20.6. The monoisotopic (exact) mass is 527 g/mol. The topological polar surface area (TPSA) is 42.9 Å². The maximum absolute atomic E-state index is 12.7. The molecule has 1 aromatic rings. The van der Waals surface area contributed by atoms with E-state index < -0.39 is 11.7 Å². The van der Waals surface area contributed by atoms with Crippen molar-refractivity contribution in [1.29, 1.82) is 0 Å². The van der Waals surface area contributed by atoms with Crippen molar-refractivity contribution in [2.45, 2.75) is 38.5 Å². The van der Waals surface area contributed by atoms with Crippen molar-refractivity contribution in [1.82, 2.24) is 20.4 Å². The molecule has 1 fully saturated rings. The summed E-state index contributed by atoms with van der Waals surface area (Å²) in [6.45, 7) is 7.06. The lowest BCUT2D eigenvalue weighted by Gasteiger charge is -2.19. The minimum atomic E-state index is -4.28. The third-order valence-electron chi connectivity index (χ3n) is 4.68. The van der Waals surface area contributed by atoms with Crippen LogP contribution in [0.15, 0.2) is 29.3 Å². The van der Waals surface area contributed by atoms with E-state index in [2.05, 4.69) is 39.5 Å². The van der Waals surface area contributed by atoms with Crippen LogP contribution in [-0.4, -0.2) is 68.6 Å². The van der Waals surface area contributed by atoms with Gasteiger partial charge in [-0.15, -0.1) is 24.0 Å². The zero-order valence-corrected chi connectivity index (χ0v) is 19.8. The van der Waals surface area contributed by atoms with E-state index in [9.17, 15) is 13.2 Å². The van der Waals surface area contributed by atoms with Gasteiger partial charge in [0.1, 0.15) is 0 Å². The van der Waals surface area contributed by atoms with Crippen molar-refractivity contribution in [2.75, 3.05) is 46.8 Å². The molecule has 1 aromatic carbocycles. The molecule has 2 rings (SSSR count). The second-order valence-corrected chi connectivity index (χ2v) is 7.48. The van der Waals surface area contributed by atoms with Gasteiger partial charge in [-0.25, -0.2) is 0 Å². The summed E-state index contributed by atoms with van der Waals surface area (Å²) in [5.74, 6) is 0.836. The van der Waals surface area contributed by atoms with Crippen LogP contribution < -0.4 is 10.6 Å². The Morgan fingerprint density at radius 1 is 1.24 bits per heavy atom. The van der Waals surface area contributed by atoms with Crippen LogP contribution in [0.25, 0.3) is 0 Å². The second-order valence-electron chi connectivity index (χ2n) is 7.48. The lowest BCUT2D eigenvalue weighted by molar-refractivity contribution is -0.137. The summed E-state index contributed by atoms with van der Waals surface area (Å²) in [4.78, 5) is 9.04. The molecule has 0 amide bonds. The fourth-order valence-corrected chi connectivity index (χ4v) is 3.24. The van der Waals surface area contributed by atoms with Crippen molar-refractivity contribution < 1.29 is 13.2 Å². The number of hydrogen-bond donors (Lipinski definition) is 2. The van der Waals surface area contributed by atoms with Crippen LogP contribution >= 0.6 is 24.0 Å². The van der Waals surface area contributed by atoms with E-state index >= 15 is 0 Å². The van der Waals surface area contributed by atoms with Crippen molar-refractivity contribution in [3.63, 3.8) is 0 Å². The highest BCUT2D eigenvalue weighted by Crippen LogP contribution is 2.29. The van der Waals surface area contributed by atoms with Gasteiger partial charge in [-0.05, 0) is 58.1 Å². The largest absolute Gasteiger partial charge is 0.416 e. The Morgan fingerprint density at radius 2 is 1.93 bits per heavy atom.